The van der Waals surface area contributed by atoms with E-state index in [2.05, 4.69) is 38.3 Å². The predicted molar refractivity (Wildman–Crippen MR) is 67.3 cm³/mol. The second kappa shape index (κ2) is 5.67. The Morgan fingerprint density at radius 3 is 2.44 bits per heavy atom. The highest BCUT2D eigenvalue weighted by molar-refractivity contribution is 5.79. The summed E-state index contributed by atoms with van der Waals surface area (Å²) in [7, 11) is 0. The third kappa shape index (κ3) is 3.48. The Kier molecular flexibility index (Phi) is 4.78. The molecule has 3 nitrogen and oxygen atoms in total. The number of carbonyl (C=O) groups excluding carboxylic acids is 1. The van der Waals surface area contributed by atoms with Crippen molar-refractivity contribution < 1.29 is 4.79 Å². The summed E-state index contributed by atoms with van der Waals surface area (Å²) in [6.45, 7) is 9.40. The van der Waals surface area contributed by atoms with Crippen LogP contribution in [0.1, 0.15) is 53.4 Å². The minimum absolute atomic E-state index is 0.0276. The molecule has 94 valence electrons. The van der Waals surface area contributed by atoms with E-state index in [-0.39, 0.29) is 17.4 Å². The summed E-state index contributed by atoms with van der Waals surface area (Å²) in [5, 5.41) is 6.57. The van der Waals surface area contributed by atoms with Gasteiger partial charge in [-0.3, -0.25) is 4.79 Å². The standard InChI is InChI=1S/C13H26N2O/c1-5-13(4,6-2)15-12(16)11-8-7-10(3)14-9-11/h10-11,14H,5-9H2,1-4H3,(H,15,16). The van der Waals surface area contributed by atoms with Crippen molar-refractivity contribution in [1.82, 2.24) is 10.6 Å². The molecule has 1 amide bonds. The molecule has 2 unspecified atom stereocenters. The van der Waals surface area contributed by atoms with Gasteiger partial charge in [-0.25, -0.2) is 0 Å². The van der Waals surface area contributed by atoms with E-state index in [1.54, 1.807) is 0 Å². The van der Waals surface area contributed by atoms with Crippen molar-refractivity contribution in [1.29, 1.82) is 0 Å². The monoisotopic (exact) mass is 226 g/mol. The minimum atomic E-state index is -0.0276. The topological polar surface area (TPSA) is 41.1 Å². The summed E-state index contributed by atoms with van der Waals surface area (Å²) < 4.78 is 0. The van der Waals surface area contributed by atoms with E-state index in [9.17, 15) is 4.79 Å². The van der Waals surface area contributed by atoms with E-state index in [4.69, 9.17) is 0 Å². The van der Waals surface area contributed by atoms with Gasteiger partial charge in [0.15, 0.2) is 0 Å². The van der Waals surface area contributed by atoms with Gasteiger partial charge >= 0.3 is 0 Å². The first-order chi connectivity index (χ1) is 7.50. The molecule has 1 rings (SSSR count). The fourth-order valence-corrected chi connectivity index (χ4v) is 2.05. The van der Waals surface area contributed by atoms with Crippen LogP contribution < -0.4 is 10.6 Å². The highest BCUT2D eigenvalue weighted by Gasteiger charge is 2.28. The van der Waals surface area contributed by atoms with Crippen molar-refractivity contribution in [2.24, 2.45) is 5.92 Å². The molecule has 0 spiro atoms. The molecule has 1 aliphatic heterocycles. The van der Waals surface area contributed by atoms with Gasteiger partial charge in [-0.2, -0.15) is 0 Å². The van der Waals surface area contributed by atoms with Crippen LogP contribution in [0.3, 0.4) is 0 Å². The van der Waals surface area contributed by atoms with Crippen LogP contribution in [0.4, 0.5) is 0 Å². The number of piperidine rings is 1. The van der Waals surface area contributed by atoms with E-state index < -0.39 is 0 Å². The molecule has 16 heavy (non-hydrogen) atoms. The third-order valence-electron chi connectivity index (χ3n) is 4.02. The summed E-state index contributed by atoms with van der Waals surface area (Å²) in [6, 6.07) is 0.563. The highest BCUT2D eigenvalue weighted by Crippen LogP contribution is 2.18. The van der Waals surface area contributed by atoms with E-state index in [1.807, 2.05) is 0 Å². The average molecular weight is 226 g/mol. The molecule has 0 saturated carbocycles. The van der Waals surface area contributed by atoms with Gasteiger partial charge in [-0.05, 0) is 39.5 Å². The number of hydrogen-bond acceptors (Lipinski definition) is 2. The molecule has 3 heteroatoms. The maximum atomic E-state index is 12.1. The number of hydrogen-bond donors (Lipinski definition) is 2. The molecule has 1 saturated heterocycles. The fraction of sp³-hybridized carbons (Fsp3) is 0.923. The molecule has 1 aliphatic rings. The first-order valence-electron chi connectivity index (χ1n) is 6.56. The molecular formula is C13H26N2O. The Morgan fingerprint density at radius 1 is 1.38 bits per heavy atom. The predicted octanol–water partition coefficient (Wildman–Crippen LogP) is 2.07. The van der Waals surface area contributed by atoms with Crippen LogP contribution in [0.25, 0.3) is 0 Å². The van der Waals surface area contributed by atoms with Gasteiger partial charge in [-0.15, -0.1) is 0 Å². The Balaban J connectivity index is 2.46. The van der Waals surface area contributed by atoms with E-state index in [0.717, 1.165) is 32.2 Å². The average Bonchev–Trinajstić information content (AvgIpc) is 2.29. The SMILES string of the molecule is CCC(C)(CC)NC(=O)C1CCC(C)NC1. The van der Waals surface area contributed by atoms with Gasteiger partial charge in [0.1, 0.15) is 0 Å². The number of amides is 1. The second-order valence-corrected chi connectivity index (χ2v) is 5.34. The molecule has 0 aromatic carbocycles. The van der Waals surface area contributed by atoms with Crippen LogP contribution in [0, 0.1) is 5.92 Å². The molecule has 0 aliphatic carbocycles. The second-order valence-electron chi connectivity index (χ2n) is 5.34. The Morgan fingerprint density at radius 2 is 2.00 bits per heavy atom. The van der Waals surface area contributed by atoms with Crippen molar-refractivity contribution >= 4 is 5.91 Å². The van der Waals surface area contributed by atoms with Crippen molar-refractivity contribution in [3.63, 3.8) is 0 Å². The Hall–Kier alpha value is -0.570. The number of nitrogens with one attached hydrogen (secondary N) is 2. The van der Waals surface area contributed by atoms with Crippen molar-refractivity contribution in [2.75, 3.05) is 6.54 Å². The Labute approximate surface area is 99.4 Å². The van der Waals surface area contributed by atoms with Crippen LogP contribution in [0.15, 0.2) is 0 Å². The molecule has 0 bridgehead atoms. The lowest BCUT2D eigenvalue weighted by atomic mass is 9.91. The quantitative estimate of drug-likeness (QED) is 0.770. The van der Waals surface area contributed by atoms with E-state index >= 15 is 0 Å². The molecule has 1 fully saturated rings. The maximum absolute atomic E-state index is 12.1. The maximum Gasteiger partial charge on any atom is 0.224 e. The molecule has 0 radical (unpaired) electrons. The summed E-state index contributed by atoms with van der Waals surface area (Å²) in [4.78, 5) is 12.1. The third-order valence-corrected chi connectivity index (χ3v) is 4.02. The van der Waals surface area contributed by atoms with Gasteiger partial charge < -0.3 is 10.6 Å². The first kappa shape index (κ1) is 13.5. The first-order valence-corrected chi connectivity index (χ1v) is 6.56. The van der Waals surface area contributed by atoms with Gasteiger partial charge in [-0.1, -0.05) is 13.8 Å². The normalized spacial score (nSPS) is 26.5. The smallest absolute Gasteiger partial charge is 0.224 e. The lowest BCUT2D eigenvalue weighted by Crippen LogP contribution is -2.51. The van der Waals surface area contributed by atoms with Gasteiger partial charge in [0.25, 0.3) is 0 Å². The van der Waals surface area contributed by atoms with Crippen molar-refractivity contribution in [3.8, 4) is 0 Å². The van der Waals surface area contributed by atoms with Crippen LogP contribution in [0.5, 0.6) is 0 Å². The summed E-state index contributed by atoms with van der Waals surface area (Å²) in [6.07, 6.45) is 4.11. The zero-order valence-electron chi connectivity index (χ0n) is 11.1. The zero-order chi connectivity index (χ0) is 12.2. The van der Waals surface area contributed by atoms with Gasteiger partial charge in [0.05, 0.1) is 5.92 Å². The highest BCUT2D eigenvalue weighted by atomic mass is 16.2. The summed E-state index contributed by atoms with van der Waals surface area (Å²) in [5.74, 6) is 0.388. The fourth-order valence-electron chi connectivity index (χ4n) is 2.05. The van der Waals surface area contributed by atoms with Crippen LogP contribution in [0.2, 0.25) is 0 Å². The van der Waals surface area contributed by atoms with Crippen LogP contribution in [-0.2, 0) is 4.79 Å². The van der Waals surface area contributed by atoms with Crippen LogP contribution >= 0.6 is 0 Å². The van der Waals surface area contributed by atoms with Gasteiger partial charge in [0.2, 0.25) is 5.91 Å². The molecule has 2 N–H and O–H groups in total. The van der Waals surface area contributed by atoms with Gasteiger partial charge in [0, 0.05) is 18.1 Å². The lowest BCUT2D eigenvalue weighted by molar-refractivity contribution is -0.127. The molecule has 2 atom stereocenters. The van der Waals surface area contributed by atoms with Crippen molar-refractivity contribution in [3.05, 3.63) is 0 Å². The largest absolute Gasteiger partial charge is 0.351 e. The Bertz CT molecular complexity index is 228. The summed E-state index contributed by atoms with van der Waals surface area (Å²) in [5.41, 5.74) is -0.0276. The number of carbonyl (C=O) groups is 1. The van der Waals surface area contributed by atoms with E-state index in [1.165, 1.54) is 0 Å². The lowest BCUT2D eigenvalue weighted by Gasteiger charge is -2.33. The summed E-state index contributed by atoms with van der Waals surface area (Å²) >= 11 is 0. The van der Waals surface area contributed by atoms with Crippen LogP contribution in [-0.4, -0.2) is 24.0 Å². The molecule has 0 aromatic heterocycles. The minimum Gasteiger partial charge on any atom is -0.351 e. The molecular weight excluding hydrogens is 200 g/mol. The molecule has 0 aromatic rings. The number of rotatable bonds is 4. The van der Waals surface area contributed by atoms with Crippen molar-refractivity contribution in [2.45, 2.75) is 65.0 Å². The van der Waals surface area contributed by atoms with E-state index in [0.29, 0.717) is 6.04 Å². The molecule has 1 heterocycles. The zero-order valence-corrected chi connectivity index (χ0v) is 11.1.